The van der Waals surface area contributed by atoms with Crippen molar-refractivity contribution in [3.05, 3.63) is 77.1 Å². The lowest BCUT2D eigenvalue weighted by atomic mass is 10.1. The number of aromatic nitrogens is 2. The van der Waals surface area contributed by atoms with Crippen molar-refractivity contribution in [1.29, 1.82) is 0 Å². The van der Waals surface area contributed by atoms with Crippen LogP contribution in [-0.2, 0) is 19.9 Å². The summed E-state index contributed by atoms with van der Waals surface area (Å²) in [6.07, 6.45) is 3.41. The maximum Gasteiger partial charge on any atom is 0.276 e. The van der Waals surface area contributed by atoms with E-state index in [1.807, 2.05) is 48.5 Å². The summed E-state index contributed by atoms with van der Waals surface area (Å²) in [5.41, 5.74) is 4.02. The molecule has 144 valence electrons. The van der Waals surface area contributed by atoms with E-state index in [9.17, 15) is 9.59 Å². The molecule has 3 rings (SSSR count). The maximum atomic E-state index is 12.7. The molecule has 3 aromatic rings. The second-order valence-corrected chi connectivity index (χ2v) is 6.57. The quantitative estimate of drug-likeness (QED) is 0.681. The van der Waals surface area contributed by atoms with Gasteiger partial charge in [-0.1, -0.05) is 38.1 Å². The van der Waals surface area contributed by atoms with Gasteiger partial charge < -0.3 is 10.6 Å². The Hall–Kier alpha value is -3.41. The normalized spacial score (nSPS) is 10.5. The predicted octanol–water partition coefficient (Wildman–Crippen LogP) is 4.05. The van der Waals surface area contributed by atoms with Gasteiger partial charge in [-0.25, -0.2) is 0 Å². The van der Waals surface area contributed by atoms with Gasteiger partial charge in [-0.05, 0) is 48.2 Å². The highest BCUT2D eigenvalue weighted by molar-refractivity contribution is 6.14. The Balaban J connectivity index is 1.76. The van der Waals surface area contributed by atoms with Crippen molar-refractivity contribution < 1.29 is 9.59 Å². The Morgan fingerprint density at radius 1 is 0.821 bits per heavy atom. The molecular weight excluding hydrogens is 352 g/mol. The number of hydrogen-bond acceptors (Lipinski definition) is 3. The molecule has 2 aromatic carbocycles. The van der Waals surface area contributed by atoms with E-state index in [0.717, 1.165) is 12.8 Å². The van der Waals surface area contributed by atoms with Crippen molar-refractivity contribution in [3.8, 4) is 0 Å². The van der Waals surface area contributed by atoms with E-state index < -0.39 is 5.91 Å². The fraction of sp³-hybridized carbons (Fsp3) is 0.227. The molecule has 6 heteroatoms. The zero-order chi connectivity index (χ0) is 20.1. The molecule has 2 N–H and O–H groups in total. The van der Waals surface area contributed by atoms with Crippen molar-refractivity contribution in [1.82, 2.24) is 9.78 Å². The molecule has 0 bridgehead atoms. The molecule has 6 nitrogen and oxygen atoms in total. The average Bonchev–Trinajstić information content (AvgIpc) is 3.11. The second-order valence-electron chi connectivity index (χ2n) is 6.57. The summed E-state index contributed by atoms with van der Waals surface area (Å²) >= 11 is 0. The molecule has 1 aromatic heterocycles. The number of hydrogen-bond donors (Lipinski definition) is 2. The Labute approximate surface area is 164 Å². The predicted molar refractivity (Wildman–Crippen MR) is 111 cm³/mol. The Morgan fingerprint density at radius 2 is 1.29 bits per heavy atom. The first-order valence-corrected chi connectivity index (χ1v) is 9.34. The molecule has 1 heterocycles. The van der Waals surface area contributed by atoms with E-state index in [1.54, 1.807) is 13.2 Å². The zero-order valence-electron chi connectivity index (χ0n) is 16.3. The third-order valence-corrected chi connectivity index (χ3v) is 4.53. The number of nitrogens with zero attached hydrogens (tertiary/aromatic N) is 2. The van der Waals surface area contributed by atoms with Crippen molar-refractivity contribution >= 4 is 23.2 Å². The van der Waals surface area contributed by atoms with Gasteiger partial charge in [0.05, 0.1) is 5.56 Å². The number of aryl methyl sites for hydroxylation is 3. The van der Waals surface area contributed by atoms with Gasteiger partial charge >= 0.3 is 0 Å². The lowest BCUT2D eigenvalue weighted by molar-refractivity contribution is 0.0988. The van der Waals surface area contributed by atoms with Crippen LogP contribution < -0.4 is 10.6 Å². The number of carbonyl (C=O) groups is 2. The largest absolute Gasteiger partial charge is 0.322 e. The van der Waals surface area contributed by atoms with Crippen LogP contribution in [0.5, 0.6) is 0 Å². The Morgan fingerprint density at radius 3 is 1.75 bits per heavy atom. The van der Waals surface area contributed by atoms with Crippen LogP contribution in [0.3, 0.4) is 0 Å². The van der Waals surface area contributed by atoms with Crippen molar-refractivity contribution in [2.45, 2.75) is 26.7 Å². The van der Waals surface area contributed by atoms with E-state index in [4.69, 9.17) is 0 Å². The van der Waals surface area contributed by atoms with Gasteiger partial charge in [-0.3, -0.25) is 14.3 Å². The van der Waals surface area contributed by atoms with Gasteiger partial charge in [0.25, 0.3) is 11.8 Å². The minimum atomic E-state index is -0.420. The van der Waals surface area contributed by atoms with E-state index >= 15 is 0 Å². The van der Waals surface area contributed by atoms with E-state index in [0.29, 0.717) is 11.4 Å². The second kappa shape index (κ2) is 8.52. The molecule has 2 amide bonds. The number of rotatable bonds is 6. The topological polar surface area (TPSA) is 76.0 Å². The highest BCUT2D eigenvalue weighted by atomic mass is 16.2. The van der Waals surface area contributed by atoms with Crippen LogP contribution in [-0.4, -0.2) is 21.6 Å². The standard InChI is InChI=1S/C22H24N4O2/c1-4-15-6-10-17(11-7-15)23-21(27)19-14-26(3)25-20(19)22(28)24-18-12-8-16(5-2)9-13-18/h6-14H,4-5H2,1-3H3,(H,23,27)(H,24,28). The van der Waals surface area contributed by atoms with Crippen molar-refractivity contribution in [3.63, 3.8) is 0 Å². The van der Waals surface area contributed by atoms with Gasteiger partial charge in [0, 0.05) is 24.6 Å². The number of benzene rings is 2. The third-order valence-electron chi connectivity index (χ3n) is 4.53. The number of carbonyl (C=O) groups excluding carboxylic acids is 2. The maximum absolute atomic E-state index is 12.7. The van der Waals surface area contributed by atoms with Crippen LogP contribution >= 0.6 is 0 Å². The minimum Gasteiger partial charge on any atom is -0.322 e. The zero-order valence-corrected chi connectivity index (χ0v) is 16.3. The molecule has 0 atom stereocenters. The monoisotopic (exact) mass is 376 g/mol. The first kappa shape index (κ1) is 19.4. The number of amides is 2. The summed E-state index contributed by atoms with van der Waals surface area (Å²) in [7, 11) is 1.68. The Bertz CT molecular complexity index is 894. The Kier molecular flexibility index (Phi) is 5.89. The smallest absolute Gasteiger partial charge is 0.276 e. The summed E-state index contributed by atoms with van der Waals surface area (Å²) in [6.45, 7) is 4.14. The van der Waals surface area contributed by atoms with Gasteiger partial charge in [0.15, 0.2) is 5.69 Å². The lowest BCUT2D eigenvalue weighted by Crippen LogP contribution is -2.19. The molecule has 0 aliphatic heterocycles. The fourth-order valence-electron chi connectivity index (χ4n) is 2.86. The molecule has 0 saturated carbocycles. The van der Waals surface area contributed by atoms with Gasteiger partial charge in [0.2, 0.25) is 0 Å². The van der Waals surface area contributed by atoms with E-state index in [2.05, 4.69) is 29.6 Å². The summed E-state index contributed by atoms with van der Waals surface area (Å²) in [4.78, 5) is 25.4. The van der Waals surface area contributed by atoms with Crippen molar-refractivity contribution in [2.75, 3.05) is 10.6 Å². The van der Waals surface area contributed by atoms with E-state index in [-0.39, 0.29) is 17.2 Å². The summed E-state index contributed by atoms with van der Waals surface area (Å²) in [5, 5.41) is 9.80. The van der Waals surface area contributed by atoms with Crippen molar-refractivity contribution in [2.24, 2.45) is 7.05 Å². The first-order valence-electron chi connectivity index (χ1n) is 9.34. The molecule has 0 radical (unpaired) electrons. The van der Waals surface area contributed by atoms with Crippen LogP contribution in [0, 0.1) is 0 Å². The molecule has 0 aliphatic rings. The first-order chi connectivity index (χ1) is 13.5. The van der Waals surface area contributed by atoms with Crippen LogP contribution in [0.1, 0.15) is 45.8 Å². The van der Waals surface area contributed by atoms with Crippen LogP contribution in [0.15, 0.2) is 54.7 Å². The summed E-state index contributed by atoms with van der Waals surface area (Å²) < 4.78 is 1.46. The number of nitrogens with one attached hydrogen (secondary N) is 2. The highest BCUT2D eigenvalue weighted by Gasteiger charge is 2.22. The van der Waals surface area contributed by atoms with Gasteiger partial charge in [0.1, 0.15) is 0 Å². The van der Waals surface area contributed by atoms with Crippen LogP contribution in [0.2, 0.25) is 0 Å². The average molecular weight is 376 g/mol. The van der Waals surface area contributed by atoms with Crippen LogP contribution in [0.25, 0.3) is 0 Å². The third kappa shape index (κ3) is 4.46. The molecule has 0 fully saturated rings. The molecule has 0 unspecified atom stereocenters. The fourth-order valence-corrected chi connectivity index (χ4v) is 2.86. The molecule has 0 aliphatic carbocycles. The molecule has 0 spiro atoms. The van der Waals surface area contributed by atoms with Crippen LogP contribution in [0.4, 0.5) is 11.4 Å². The lowest BCUT2D eigenvalue weighted by Gasteiger charge is -2.07. The molecule has 0 saturated heterocycles. The number of anilines is 2. The molecule has 28 heavy (non-hydrogen) atoms. The van der Waals surface area contributed by atoms with Gasteiger partial charge in [-0.15, -0.1) is 0 Å². The van der Waals surface area contributed by atoms with E-state index in [1.165, 1.54) is 15.8 Å². The highest BCUT2D eigenvalue weighted by Crippen LogP contribution is 2.16. The summed E-state index contributed by atoms with van der Waals surface area (Å²) in [5.74, 6) is -0.792. The molecular formula is C22H24N4O2. The summed E-state index contributed by atoms with van der Waals surface area (Å²) in [6, 6.07) is 15.2. The SMILES string of the molecule is CCc1ccc(NC(=O)c2cn(C)nc2C(=O)Nc2ccc(CC)cc2)cc1. The minimum absolute atomic E-state index is 0.0877. The van der Waals surface area contributed by atoms with Gasteiger partial charge in [-0.2, -0.15) is 5.10 Å².